The second-order valence-electron chi connectivity index (χ2n) is 3.75. The van der Waals surface area contributed by atoms with E-state index >= 15 is 0 Å². The highest BCUT2D eigenvalue weighted by molar-refractivity contribution is 6.31. The van der Waals surface area contributed by atoms with Crippen molar-refractivity contribution in [2.45, 2.75) is 6.18 Å². The van der Waals surface area contributed by atoms with Crippen LogP contribution in [0.15, 0.2) is 35.3 Å². The smallest absolute Gasteiger partial charge is 0.266 e. The summed E-state index contributed by atoms with van der Waals surface area (Å²) in [6.07, 6.45) is -3.12. The molecule has 2 aromatic rings. The van der Waals surface area contributed by atoms with Crippen LogP contribution in [0.3, 0.4) is 0 Å². The molecule has 0 fully saturated rings. The van der Waals surface area contributed by atoms with Crippen LogP contribution < -0.4 is 5.56 Å². The lowest BCUT2D eigenvalue weighted by Crippen LogP contribution is -2.09. The van der Waals surface area contributed by atoms with Gasteiger partial charge in [-0.05, 0) is 24.3 Å². The van der Waals surface area contributed by atoms with E-state index in [1.54, 1.807) is 0 Å². The molecule has 0 aliphatic rings. The van der Waals surface area contributed by atoms with Crippen molar-refractivity contribution in [1.82, 2.24) is 10.2 Å². The van der Waals surface area contributed by atoms with Crippen LogP contribution in [0.25, 0.3) is 0 Å². The van der Waals surface area contributed by atoms with Gasteiger partial charge >= 0.3 is 6.18 Å². The van der Waals surface area contributed by atoms with Gasteiger partial charge in [0.15, 0.2) is 0 Å². The summed E-state index contributed by atoms with van der Waals surface area (Å²) in [6.45, 7) is 0. The maximum Gasteiger partial charge on any atom is 0.416 e. The largest absolute Gasteiger partial charge is 0.416 e. The Hall–Kier alpha value is -2.26. The monoisotopic (exact) mass is 298 g/mol. The minimum Gasteiger partial charge on any atom is -0.266 e. The zero-order valence-corrected chi connectivity index (χ0v) is 10.5. The Morgan fingerprint density at radius 2 is 1.80 bits per heavy atom. The van der Waals surface area contributed by atoms with Crippen LogP contribution in [0.2, 0.25) is 5.02 Å². The van der Waals surface area contributed by atoms with Gasteiger partial charge in [0.25, 0.3) is 5.56 Å². The van der Waals surface area contributed by atoms with Gasteiger partial charge in [0.2, 0.25) is 0 Å². The molecule has 0 amide bonds. The van der Waals surface area contributed by atoms with E-state index in [1.165, 1.54) is 18.3 Å². The van der Waals surface area contributed by atoms with E-state index in [0.717, 1.165) is 12.1 Å². The molecule has 3 nitrogen and oxygen atoms in total. The van der Waals surface area contributed by atoms with Crippen molar-refractivity contribution < 1.29 is 13.2 Å². The SMILES string of the molecule is O=c1[nH]ncc(C#Cc2ccc(C(F)(F)F)cc2)c1Cl. The number of aromatic nitrogens is 2. The second kappa shape index (κ2) is 5.39. The highest BCUT2D eigenvalue weighted by Gasteiger charge is 2.29. The number of rotatable bonds is 0. The number of benzene rings is 1. The van der Waals surface area contributed by atoms with Crippen molar-refractivity contribution in [2.24, 2.45) is 0 Å². The Bertz CT molecular complexity index is 739. The zero-order valence-electron chi connectivity index (χ0n) is 9.75. The highest BCUT2D eigenvalue weighted by Crippen LogP contribution is 2.28. The Labute approximate surface area is 116 Å². The first-order chi connectivity index (χ1) is 9.38. The maximum atomic E-state index is 12.4. The van der Waals surface area contributed by atoms with Crippen molar-refractivity contribution in [3.8, 4) is 11.8 Å². The molecule has 0 aliphatic carbocycles. The van der Waals surface area contributed by atoms with Crippen LogP contribution in [-0.4, -0.2) is 10.2 Å². The lowest BCUT2D eigenvalue weighted by atomic mass is 10.1. The molecule has 0 saturated carbocycles. The number of nitrogens with zero attached hydrogens (tertiary/aromatic N) is 1. The number of hydrogen-bond acceptors (Lipinski definition) is 2. The first kappa shape index (κ1) is 14.2. The average Bonchev–Trinajstić information content (AvgIpc) is 2.40. The molecule has 102 valence electrons. The van der Waals surface area contributed by atoms with Gasteiger partial charge in [-0.3, -0.25) is 4.79 Å². The fourth-order valence-corrected chi connectivity index (χ4v) is 1.49. The van der Waals surface area contributed by atoms with Crippen LogP contribution in [0.5, 0.6) is 0 Å². The van der Waals surface area contributed by atoms with E-state index in [9.17, 15) is 18.0 Å². The standard InChI is InChI=1S/C13H6ClF3N2O/c14-11-9(7-18-19-12(11)20)4-1-8-2-5-10(6-3-8)13(15,16)17/h2-3,5-7H,(H,19,20). The molecule has 0 unspecified atom stereocenters. The van der Waals surface area contributed by atoms with Gasteiger partial charge in [0.05, 0.1) is 17.3 Å². The fourth-order valence-electron chi connectivity index (χ4n) is 1.35. The molecule has 1 N–H and O–H groups in total. The van der Waals surface area contributed by atoms with Crippen molar-refractivity contribution in [3.63, 3.8) is 0 Å². The Morgan fingerprint density at radius 1 is 1.15 bits per heavy atom. The minimum atomic E-state index is -4.38. The fraction of sp³-hybridized carbons (Fsp3) is 0.0769. The first-order valence-electron chi connectivity index (χ1n) is 5.30. The van der Waals surface area contributed by atoms with E-state index in [4.69, 9.17) is 11.6 Å². The molecule has 0 bridgehead atoms. The molecule has 0 radical (unpaired) electrons. The number of H-pyrrole nitrogens is 1. The van der Waals surface area contributed by atoms with E-state index in [2.05, 4.69) is 22.0 Å². The van der Waals surface area contributed by atoms with E-state index in [0.29, 0.717) is 5.56 Å². The van der Waals surface area contributed by atoms with Gasteiger partial charge in [-0.1, -0.05) is 23.4 Å². The van der Waals surface area contributed by atoms with Crippen LogP contribution in [-0.2, 0) is 6.18 Å². The number of halogens is 4. The van der Waals surface area contributed by atoms with E-state index in [1.807, 2.05) is 0 Å². The number of aromatic amines is 1. The lowest BCUT2D eigenvalue weighted by Gasteiger charge is -2.05. The van der Waals surface area contributed by atoms with Crippen molar-refractivity contribution in [2.75, 3.05) is 0 Å². The number of hydrogen-bond donors (Lipinski definition) is 1. The van der Waals surface area contributed by atoms with Crippen molar-refractivity contribution >= 4 is 11.6 Å². The summed E-state index contributed by atoms with van der Waals surface area (Å²) in [5.74, 6) is 5.20. The summed E-state index contributed by atoms with van der Waals surface area (Å²) in [6, 6.07) is 4.35. The number of nitrogens with one attached hydrogen (secondary N) is 1. The van der Waals surface area contributed by atoms with Crippen LogP contribution in [0, 0.1) is 11.8 Å². The van der Waals surface area contributed by atoms with Gasteiger partial charge in [-0.2, -0.15) is 18.3 Å². The van der Waals surface area contributed by atoms with E-state index < -0.39 is 17.3 Å². The predicted molar refractivity (Wildman–Crippen MR) is 67.3 cm³/mol. The normalized spacial score (nSPS) is 10.8. The topological polar surface area (TPSA) is 45.8 Å². The molecular formula is C13H6ClF3N2O. The molecule has 0 spiro atoms. The molecule has 1 aromatic carbocycles. The zero-order chi connectivity index (χ0) is 14.8. The van der Waals surface area contributed by atoms with Gasteiger partial charge in [0.1, 0.15) is 5.02 Å². The van der Waals surface area contributed by atoms with Gasteiger partial charge < -0.3 is 0 Å². The predicted octanol–water partition coefficient (Wildman–Crippen LogP) is 2.84. The summed E-state index contributed by atoms with van der Waals surface area (Å²) >= 11 is 5.71. The Kier molecular flexibility index (Phi) is 3.81. The summed E-state index contributed by atoms with van der Waals surface area (Å²) in [5, 5.41) is 5.55. The van der Waals surface area contributed by atoms with Gasteiger partial charge in [-0.25, -0.2) is 5.10 Å². The van der Waals surface area contributed by atoms with Crippen LogP contribution in [0.1, 0.15) is 16.7 Å². The molecular weight excluding hydrogens is 293 g/mol. The third-order valence-electron chi connectivity index (χ3n) is 2.35. The van der Waals surface area contributed by atoms with Crippen LogP contribution >= 0.6 is 11.6 Å². The molecule has 0 aliphatic heterocycles. The minimum absolute atomic E-state index is 0.112. The summed E-state index contributed by atoms with van der Waals surface area (Å²) in [7, 11) is 0. The number of alkyl halides is 3. The molecule has 1 aromatic heterocycles. The van der Waals surface area contributed by atoms with Crippen molar-refractivity contribution in [1.29, 1.82) is 0 Å². The van der Waals surface area contributed by atoms with Crippen LogP contribution in [0.4, 0.5) is 13.2 Å². The molecule has 2 rings (SSSR count). The summed E-state index contributed by atoms with van der Waals surface area (Å²) in [5.41, 5.74) is -0.755. The molecule has 7 heteroatoms. The van der Waals surface area contributed by atoms with E-state index in [-0.39, 0.29) is 10.6 Å². The first-order valence-corrected chi connectivity index (χ1v) is 5.68. The Balaban J connectivity index is 2.30. The molecule has 0 saturated heterocycles. The summed E-state index contributed by atoms with van der Waals surface area (Å²) < 4.78 is 37.1. The molecule has 20 heavy (non-hydrogen) atoms. The highest BCUT2D eigenvalue weighted by atomic mass is 35.5. The third-order valence-corrected chi connectivity index (χ3v) is 2.72. The van der Waals surface area contributed by atoms with Gasteiger partial charge in [-0.15, -0.1) is 0 Å². The summed E-state index contributed by atoms with van der Waals surface area (Å²) in [4.78, 5) is 11.2. The maximum absolute atomic E-state index is 12.4. The second-order valence-corrected chi connectivity index (χ2v) is 4.13. The van der Waals surface area contributed by atoms with Crippen molar-refractivity contribution in [3.05, 3.63) is 62.5 Å². The lowest BCUT2D eigenvalue weighted by molar-refractivity contribution is -0.137. The molecule has 1 heterocycles. The molecule has 0 atom stereocenters. The third kappa shape index (κ3) is 3.19. The Morgan fingerprint density at radius 3 is 2.40 bits per heavy atom. The average molecular weight is 299 g/mol. The quantitative estimate of drug-likeness (QED) is 0.760. The van der Waals surface area contributed by atoms with Gasteiger partial charge in [0, 0.05) is 5.56 Å².